The van der Waals surface area contributed by atoms with E-state index in [-0.39, 0.29) is 18.3 Å². The second-order valence-electron chi connectivity index (χ2n) is 10.8. The van der Waals surface area contributed by atoms with Crippen molar-refractivity contribution in [1.82, 2.24) is 15.2 Å². The molecule has 42 heavy (non-hydrogen) atoms. The topological polar surface area (TPSA) is 85.8 Å². The van der Waals surface area contributed by atoms with E-state index in [0.29, 0.717) is 17.7 Å². The van der Waals surface area contributed by atoms with Crippen LogP contribution in [0.1, 0.15) is 57.4 Å². The summed E-state index contributed by atoms with van der Waals surface area (Å²) in [4.78, 5) is 0. The van der Waals surface area contributed by atoms with Crippen LogP contribution in [0.25, 0.3) is 16.8 Å². The van der Waals surface area contributed by atoms with Gasteiger partial charge in [-0.2, -0.15) is 10.5 Å². The summed E-state index contributed by atoms with van der Waals surface area (Å²) in [6.07, 6.45) is 3.03. The van der Waals surface area contributed by atoms with E-state index in [1.54, 1.807) is 12.1 Å². The summed E-state index contributed by atoms with van der Waals surface area (Å²) in [5, 5.41) is 26.0. The van der Waals surface area contributed by atoms with E-state index in [2.05, 4.69) is 100 Å². The number of ether oxygens (including phenoxy) is 1. The van der Waals surface area contributed by atoms with Crippen LogP contribution in [0.15, 0.2) is 109 Å². The van der Waals surface area contributed by atoms with Crippen LogP contribution in [-0.4, -0.2) is 17.7 Å². The highest BCUT2D eigenvalue weighted by Gasteiger charge is 2.28. The summed E-state index contributed by atoms with van der Waals surface area (Å²) in [5.41, 5.74) is 10.1. The van der Waals surface area contributed by atoms with Crippen molar-refractivity contribution in [2.75, 3.05) is 13.2 Å². The van der Waals surface area contributed by atoms with Gasteiger partial charge in [0.05, 0.1) is 29.8 Å². The Morgan fingerprint density at radius 2 is 1.48 bits per heavy atom. The lowest BCUT2D eigenvalue weighted by molar-refractivity contribution is 0.101. The van der Waals surface area contributed by atoms with Crippen molar-refractivity contribution in [3.05, 3.63) is 148 Å². The zero-order valence-corrected chi connectivity index (χ0v) is 23.0. The van der Waals surface area contributed by atoms with Crippen LogP contribution < -0.4 is 10.6 Å². The number of rotatable bonds is 5. The number of nitriles is 2. The molecule has 0 radical (unpaired) electrons. The summed E-state index contributed by atoms with van der Waals surface area (Å²) in [7, 11) is 0. The third kappa shape index (κ3) is 4.79. The van der Waals surface area contributed by atoms with Crippen molar-refractivity contribution in [3.8, 4) is 29.0 Å². The van der Waals surface area contributed by atoms with Gasteiger partial charge in [-0.05, 0) is 63.7 Å². The number of aromatic nitrogens is 1. The highest BCUT2D eigenvalue weighted by molar-refractivity contribution is 5.68. The average Bonchev–Trinajstić information content (AvgIpc) is 3.73. The van der Waals surface area contributed by atoms with Gasteiger partial charge >= 0.3 is 0 Å². The highest BCUT2D eigenvalue weighted by atomic mass is 16.5. The largest absolute Gasteiger partial charge is 0.357 e. The number of nitrogens with zero attached hydrogens (tertiary/aromatic N) is 3. The Kier molecular flexibility index (Phi) is 6.87. The molecule has 3 atom stereocenters. The third-order valence-corrected chi connectivity index (χ3v) is 8.34. The van der Waals surface area contributed by atoms with Gasteiger partial charge in [0, 0.05) is 30.5 Å². The van der Waals surface area contributed by atoms with E-state index in [4.69, 9.17) is 4.74 Å². The van der Waals surface area contributed by atoms with Crippen LogP contribution in [-0.2, 0) is 11.2 Å². The maximum Gasteiger partial charge on any atom is 0.134 e. The van der Waals surface area contributed by atoms with Gasteiger partial charge in [0.1, 0.15) is 18.4 Å². The summed E-state index contributed by atoms with van der Waals surface area (Å²) >= 11 is 0. The Bertz CT molecular complexity index is 1810. The predicted molar refractivity (Wildman–Crippen MR) is 162 cm³/mol. The molecule has 4 aromatic carbocycles. The molecule has 204 valence electrons. The van der Waals surface area contributed by atoms with Crippen LogP contribution >= 0.6 is 0 Å². The van der Waals surface area contributed by atoms with Crippen molar-refractivity contribution >= 4 is 0 Å². The molecule has 1 saturated heterocycles. The fourth-order valence-electron chi connectivity index (χ4n) is 6.13. The molecule has 1 fully saturated rings. The van der Waals surface area contributed by atoms with Crippen LogP contribution in [0.3, 0.4) is 0 Å². The molecule has 2 N–H and O–H groups in total. The van der Waals surface area contributed by atoms with Crippen molar-refractivity contribution in [2.24, 2.45) is 0 Å². The first kappa shape index (κ1) is 26.0. The van der Waals surface area contributed by atoms with Gasteiger partial charge in [0.15, 0.2) is 0 Å². The smallest absolute Gasteiger partial charge is 0.134 e. The SMILES string of the molecule is N#Cc1ccc(-c2ccc(-n3ccc4c3CCNC4c3ccc(C4COC(c5ccccc5)N4)cc3)cc2)cc1C#N. The molecule has 6 heteroatoms. The number of hydrogen-bond acceptors (Lipinski definition) is 5. The maximum atomic E-state index is 9.40. The minimum Gasteiger partial charge on any atom is -0.357 e. The first-order chi connectivity index (χ1) is 20.7. The van der Waals surface area contributed by atoms with E-state index < -0.39 is 0 Å². The minimum absolute atomic E-state index is 0.0774. The molecule has 2 aliphatic heterocycles. The predicted octanol–water partition coefficient (Wildman–Crippen LogP) is 6.48. The van der Waals surface area contributed by atoms with E-state index in [1.807, 2.05) is 24.3 Å². The van der Waals surface area contributed by atoms with Crippen LogP contribution in [0.2, 0.25) is 0 Å². The van der Waals surface area contributed by atoms with Crippen molar-refractivity contribution in [1.29, 1.82) is 10.5 Å². The molecule has 3 heterocycles. The van der Waals surface area contributed by atoms with Gasteiger partial charge in [0.2, 0.25) is 0 Å². The molecular weight excluding hydrogens is 518 g/mol. The molecule has 6 nitrogen and oxygen atoms in total. The Morgan fingerprint density at radius 1 is 0.738 bits per heavy atom. The second kappa shape index (κ2) is 11.1. The molecule has 3 unspecified atom stereocenters. The van der Waals surface area contributed by atoms with E-state index in [0.717, 1.165) is 35.3 Å². The Hall–Kier alpha value is -4.98. The van der Waals surface area contributed by atoms with Crippen molar-refractivity contribution in [2.45, 2.75) is 24.7 Å². The van der Waals surface area contributed by atoms with E-state index in [1.165, 1.54) is 22.4 Å². The number of fused-ring (bicyclic) bond motifs is 1. The molecule has 0 amide bonds. The summed E-state index contributed by atoms with van der Waals surface area (Å²) in [5.74, 6) is 0. The van der Waals surface area contributed by atoms with Gasteiger partial charge in [-0.1, -0.05) is 72.8 Å². The zero-order chi connectivity index (χ0) is 28.5. The normalized spacial score (nSPS) is 19.5. The second-order valence-corrected chi connectivity index (χ2v) is 10.8. The van der Waals surface area contributed by atoms with E-state index >= 15 is 0 Å². The minimum atomic E-state index is -0.0774. The van der Waals surface area contributed by atoms with E-state index in [9.17, 15) is 10.5 Å². The first-order valence-corrected chi connectivity index (χ1v) is 14.2. The monoisotopic (exact) mass is 547 g/mol. The van der Waals surface area contributed by atoms with Gasteiger partial charge in [-0.15, -0.1) is 0 Å². The van der Waals surface area contributed by atoms with Crippen LogP contribution in [0.4, 0.5) is 0 Å². The Morgan fingerprint density at radius 3 is 2.24 bits per heavy atom. The maximum absolute atomic E-state index is 9.40. The molecular formula is C36H29N5O. The molecule has 0 aliphatic carbocycles. The lowest BCUT2D eigenvalue weighted by atomic mass is 9.93. The lowest BCUT2D eigenvalue weighted by Crippen LogP contribution is -2.31. The fourth-order valence-corrected chi connectivity index (χ4v) is 6.13. The van der Waals surface area contributed by atoms with Gasteiger partial charge in [-0.25, -0.2) is 0 Å². The van der Waals surface area contributed by atoms with Crippen LogP contribution in [0, 0.1) is 22.7 Å². The Labute approximate surface area is 245 Å². The van der Waals surface area contributed by atoms with Gasteiger partial charge < -0.3 is 14.6 Å². The molecule has 5 aromatic rings. The molecule has 0 spiro atoms. The third-order valence-electron chi connectivity index (χ3n) is 8.34. The zero-order valence-electron chi connectivity index (χ0n) is 23.0. The number of hydrogen-bond donors (Lipinski definition) is 2. The quantitative estimate of drug-likeness (QED) is 0.263. The molecule has 0 saturated carbocycles. The Balaban J connectivity index is 1.09. The van der Waals surface area contributed by atoms with Gasteiger partial charge in [-0.3, -0.25) is 5.32 Å². The molecule has 1 aromatic heterocycles. The fraction of sp³-hybridized carbons (Fsp3) is 0.167. The average molecular weight is 548 g/mol. The summed E-state index contributed by atoms with van der Waals surface area (Å²) in [6, 6.07) is 39.7. The highest BCUT2D eigenvalue weighted by Crippen LogP contribution is 2.34. The van der Waals surface area contributed by atoms with Crippen molar-refractivity contribution < 1.29 is 4.74 Å². The standard InChI is InChI=1S/C36H29N5O/c37-21-29-11-10-28(20-30(29)22-38)24-12-14-31(15-13-24)41-19-17-32-34(41)16-18-39-35(32)26-8-6-25(7-9-26)33-23-42-36(40-33)27-4-2-1-3-5-27/h1-15,17,19-20,33,35-36,39-40H,16,18,23H2. The summed E-state index contributed by atoms with van der Waals surface area (Å²) in [6.45, 7) is 1.55. The number of nitrogens with one attached hydrogen (secondary N) is 2. The summed E-state index contributed by atoms with van der Waals surface area (Å²) < 4.78 is 8.33. The van der Waals surface area contributed by atoms with Gasteiger partial charge in [0.25, 0.3) is 0 Å². The number of benzene rings is 4. The molecule has 2 aliphatic rings. The first-order valence-electron chi connectivity index (χ1n) is 14.2. The molecule has 0 bridgehead atoms. The van der Waals surface area contributed by atoms with Crippen LogP contribution in [0.5, 0.6) is 0 Å². The molecule has 7 rings (SSSR count). The lowest BCUT2D eigenvalue weighted by Gasteiger charge is -2.26. The van der Waals surface area contributed by atoms with Crippen molar-refractivity contribution in [3.63, 3.8) is 0 Å².